The molecule has 2 aromatic carbocycles. The molecule has 2 aromatic rings. The second kappa shape index (κ2) is 12.5. The van der Waals surface area contributed by atoms with Crippen LogP contribution in [0, 0.1) is 6.92 Å². The SMILES string of the molecule is CCCCCCCNC(=O)CC(NS(=O)(=O)c1ccc(C)cc1)c1ccc(OC)cc1. The van der Waals surface area contributed by atoms with E-state index in [-0.39, 0.29) is 17.2 Å². The first-order valence-corrected chi connectivity index (χ1v) is 12.3. The lowest BCUT2D eigenvalue weighted by molar-refractivity contribution is -0.121. The van der Waals surface area contributed by atoms with Crippen LogP contribution in [0.25, 0.3) is 0 Å². The largest absolute Gasteiger partial charge is 0.497 e. The van der Waals surface area contributed by atoms with E-state index in [2.05, 4.69) is 17.0 Å². The van der Waals surface area contributed by atoms with Crippen LogP contribution in [0.1, 0.15) is 62.6 Å². The smallest absolute Gasteiger partial charge is 0.241 e. The number of unbranched alkanes of at least 4 members (excludes halogenated alkanes) is 4. The van der Waals surface area contributed by atoms with Crippen LogP contribution in [-0.4, -0.2) is 28.0 Å². The third-order valence-corrected chi connectivity index (χ3v) is 6.63. The molecule has 6 nitrogen and oxygen atoms in total. The zero-order valence-corrected chi connectivity index (χ0v) is 19.5. The number of rotatable bonds is 13. The van der Waals surface area contributed by atoms with Gasteiger partial charge in [-0.1, -0.05) is 62.4 Å². The lowest BCUT2D eigenvalue weighted by Gasteiger charge is -2.19. The van der Waals surface area contributed by atoms with E-state index >= 15 is 0 Å². The summed E-state index contributed by atoms with van der Waals surface area (Å²) >= 11 is 0. The van der Waals surface area contributed by atoms with Gasteiger partial charge in [0.25, 0.3) is 0 Å². The standard InChI is InChI=1S/C24H34N2O4S/c1-4-5-6-7-8-17-25-24(27)18-23(20-11-13-21(30-3)14-12-20)26-31(28,29)22-15-9-19(2)10-16-22/h9-16,23,26H,4-8,17-18H2,1-3H3,(H,25,27). The molecule has 0 spiro atoms. The molecule has 2 rings (SSSR count). The molecule has 2 N–H and O–H groups in total. The molecule has 1 unspecified atom stereocenters. The molecular weight excluding hydrogens is 412 g/mol. The molecule has 7 heteroatoms. The molecule has 0 saturated heterocycles. The second-order valence-electron chi connectivity index (χ2n) is 7.73. The molecule has 1 amide bonds. The van der Waals surface area contributed by atoms with Gasteiger partial charge < -0.3 is 10.1 Å². The van der Waals surface area contributed by atoms with Crippen molar-refractivity contribution in [3.8, 4) is 5.75 Å². The number of carbonyl (C=O) groups excluding carboxylic acids is 1. The fourth-order valence-electron chi connectivity index (χ4n) is 3.25. The molecule has 0 saturated carbocycles. The van der Waals surface area contributed by atoms with Crippen molar-refractivity contribution >= 4 is 15.9 Å². The van der Waals surface area contributed by atoms with E-state index in [0.717, 1.165) is 24.8 Å². The molecule has 0 aliphatic heterocycles. The van der Waals surface area contributed by atoms with Gasteiger partial charge in [-0.15, -0.1) is 0 Å². The summed E-state index contributed by atoms with van der Waals surface area (Å²) in [4.78, 5) is 12.7. The average molecular weight is 447 g/mol. The van der Waals surface area contributed by atoms with Crippen molar-refractivity contribution in [3.05, 3.63) is 59.7 Å². The topological polar surface area (TPSA) is 84.5 Å². The van der Waals surface area contributed by atoms with Crippen LogP contribution in [0.4, 0.5) is 0 Å². The first-order chi connectivity index (χ1) is 14.9. The number of aryl methyl sites for hydroxylation is 1. The first kappa shape index (κ1) is 24.9. The van der Waals surface area contributed by atoms with Gasteiger partial charge in [-0.05, 0) is 43.2 Å². The number of benzene rings is 2. The van der Waals surface area contributed by atoms with Gasteiger partial charge in [0.15, 0.2) is 0 Å². The summed E-state index contributed by atoms with van der Waals surface area (Å²) in [6.45, 7) is 4.66. The molecule has 0 fully saturated rings. The fraction of sp³-hybridized carbons (Fsp3) is 0.458. The van der Waals surface area contributed by atoms with Gasteiger partial charge in [-0.25, -0.2) is 13.1 Å². The van der Waals surface area contributed by atoms with E-state index < -0.39 is 16.1 Å². The molecule has 1 atom stereocenters. The van der Waals surface area contributed by atoms with Crippen LogP contribution in [0.3, 0.4) is 0 Å². The third kappa shape index (κ3) is 8.34. The summed E-state index contributed by atoms with van der Waals surface area (Å²) in [7, 11) is -2.21. The van der Waals surface area contributed by atoms with E-state index in [1.165, 1.54) is 12.8 Å². The highest BCUT2D eigenvalue weighted by Crippen LogP contribution is 2.23. The molecular formula is C24H34N2O4S. The highest BCUT2D eigenvalue weighted by atomic mass is 32.2. The van der Waals surface area contributed by atoms with Crippen molar-refractivity contribution < 1.29 is 17.9 Å². The van der Waals surface area contributed by atoms with Gasteiger partial charge in [0.2, 0.25) is 15.9 Å². The van der Waals surface area contributed by atoms with Gasteiger partial charge in [-0.2, -0.15) is 0 Å². The zero-order valence-electron chi connectivity index (χ0n) is 18.7. The normalized spacial score (nSPS) is 12.4. The average Bonchev–Trinajstić information content (AvgIpc) is 2.76. The van der Waals surface area contributed by atoms with Gasteiger partial charge in [-0.3, -0.25) is 4.79 Å². The molecule has 0 aromatic heterocycles. The van der Waals surface area contributed by atoms with Gasteiger partial charge >= 0.3 is 0 Å². The van der Waals surface area contributed by atoms with E-state index in [4.69, 9.17) is 4.74 Å². The number of sulfonamides is 1. The van der Waals surface area contributed by atoms with Gasteiger partial charge in [0.1, 0.15) is 5.75 Å². The van der Waals surface area contributed by atoms with E-state index in [0.29, 0.717) is 17.9 Å². The van der Waals surface area contributed by atoms with Crippen LogP contribution < -0.4 is 14.8 Å². The predicted molar refractivity (Wildman–Crippen MR) is 124 cm³/mol. The van der Waals surface area contributed by atoms with Crippen molar-refractivity contribution in [1.82, 2.24) is 10.0 Å². The summed E-state index contributed by atoms with van der Waals surface area (Å²) in [5, 5.41) is 2.92. The van der Waals surface area contributed by atoms with Gasteiger partial charge in [0, 0.05) is 13.0 Å². The Morgan fingerprint density at radius 1 is 0.968 bits per heavy atom. The van der Waals surface area contributed by atoms with E-state index in [1.54, 1.807) is 55.6 Å². The number of nitrogens with one attached hydrogen (secondary N) is 2. The van der Waals surface area contributed by atoms with E-state index in [9.17, 15) is 13.2 Å². The van der Waals surface area contributed by atoms with Crippen molar-refractivity contribution in [2.45, 2.75) is 63.3 Å². The van der Waals surface area contributed by atoms with Crippen LogP contribution in [-0.2, 0) is 14.8 Å². The molecule has 0 heterocycles. The van der Waals surface area contributed by atoms with Crippen LogP contribution in [0.2, 0.25) is 0 Å². The first-order valence-electron chi connectivity index (χ1n) is 10.9. The van der Waals surface area contributed by atoms with Crippen LogP contribution in [0.5, 0.6) is 5.75 Å². The Bertz CT molecular complexity index is 910. The molecule has 0 aliphatic carbocycles. The highest BCUT2D eigenvalue weighted by Gasteiger charge is 2.24. The number of methoxy groups -OCH3 is 1. The number of amides is 1. The maximum atomic E-state index is 12.9. The van der Waals surface area contributed by atoms with Crippen molar-refractivity contribution in [2.75, 3.05) is 13.7 Å². The minimum atomic E-state index is -3.78. The fourth-order valence-corrected chi connectivity index (χ4v) is 4.47. The summed E-state index contributed by atoms with van der Waals surface area (Å²) in [6.07, 6.45) is 5.57. The number of ether oxygens (including phenoxy) is 1. The summed E-state index contributed by atoms with van der Waals surface area (Å²) < 4.78 is 33.7. The summed E-state index contributed by atoms with van der Waals surface area (Å²) in [5.74, 6) is 0.489. The van der Waals surface area contributed by atoms with Gasteiger partial charge in [0.05, 0.1) is 18.0 Å². The maximum Gasteiger partial charge on any atom is 0.241 e. The number of hydrogen-bond acceptors (Lipinski definition) is 4. The molecule has 0 aliphatic rings. The third-order valence-electron chi connectivity index (χ3n) is 5.14. The second-order valence-corrected chi connectivity index (χ2v) is 9.44. The van der Waals surface area contributed by atoms with Crippen LogP contribution >= 0.6 is 0 Å². The zero-order chi connectivity index (χ0) is 22.7. The van der Waals surface area contributed by atoms with Crippen molar-refractivity contribution in [2.24, 2.45) is 0 Å². The predicted octanol–water partition coefficient (Wildman–Crippen LogP) is 4.50. The number of carbonyl (C=O) groups is 1. The maximum absolute atomic E-state index is 12.9. The molecule has 31 heavy (non-hydrogen) atoms. The van der Waals surface area contributed by atoms with Crippen LogP contribution in [0.15, 0.2) is 53.4 Å². The monoisotopic (exact) mass is 446 g/mol. The quantitative estimate of drug-likeness (QED) is 0.444. The van der Waals surface area contributed by atoms with Crippen molar-refractivity contribution in [3.63, 3.8) is 0 Å². The van der Waals surface area contributed by atoms with E-state index in [1.807, 2.05) is 6.92 Å². The minimum absolute atomic E-state index is 0.0202. The summed E-state index contributed by atoms with van der Waals surface area (Å²) in [6, 6.07) is 13.0. The Morgan fingerprint density at radius 3 is 2.23 bits per heavy atom. The lowest BCUT2D eigenvalue weighted by atomic mass is 10.0. The molecule has 0 bridgehead atoms. The molecule has 0 radical (unpaired) electrons. The lowest BCUT2D eigenvalue weighted by Crippen LogP contribution is -2.34. The summed E-state index contributed by atoms with van der Waals surface area (Å²) in [5.41, 5.74) is 1.68. The number of hydrogen-bond donors (Lipinski definition) is 2. The highest BCUT2D eigenvalue weighted by molar-refractivity contribution is 7.89. The van der Waals surface area contributed by atoms with Crippen molar-refractivity contribution in [1.29, 1.82) is 0 Å². The molecule has 170 valence electrons. The Hall–Kier alpha value is -2.38. The minimum Gasteiger partial charge on any atom is -0.497 e. The Labute approximate surface area is 186 Å². The Morgan fingerprint density at radius 2 is 1.61 bits per heavy atom. The Balaban J connectivity index is 2.09. The Kier molecular flexibility index (Phi) is 10.0.